The van der Waals surface area contributed by atoms with Crippen LogP contribution in [-0.2, 0) is 0 Å². The molecule has 0 unspecified atom stereocenters. The van der Waals surface area contributed by atoms with Gasteiger partial charge in [0.2, 0.25) is 0 Å². The van der Waals surface area contributed by atoms with E-state index in [0.29, 0.717) is 23.1 Å². The van der Waals surface area contributed by atoms with Crippen molar-refractivity contribution >= 4 is 34.7 Å². The maximum atomic E-state index is 13.2. The molecule has 0 saturated heterocycles. The Bertz CT molecular complexity index is 1150. The highest BCUT2D eigenvalue weighted by molar-refractivity contribution is 6.04. The highest BCUT2D eigenvalue weighted by Crippen LogP contribution is 2.20. The molecule has 4 rings (SSSR count). The highest BCUT2D eigenvalue weighted by atomic mass is 19.1. The minimum atomic E-state index is -0.566. The van der Waals surface area contributed by atoms with Crippen LogP contribution >= 0.6 is 0 Å². The van der Waals surface area contributed by atoms with E-state index in [1.165, 1.54) is 12.5 Å². The average molecular weight is 401 g/mol. The number of amides is 1. The molecule has 4 aromatic rings. The van der Waals surface area contributed by atoms with Gasteiger partial charge in [-0.3, -0.25) is 9.78 Å². The standard InChI is InChI=1S/C21H16FN7O/c22-15-9-14(11-23-12-15)21(30)28-17-6-4-16(5-7-17)27-19-10-20(26-13-25-19)29-18-3-1-2-8-24-18/h1-13H,(H,28,30)(H2,24,25,26,27,29). The molecule has 0 spiro atoms. The van der Waals surface area contributed by atoms with Crippen LogP contribution in [0.1, 0.15) is 10.4 Å². The Morgan fingerprint density at radius 1 is 0.800 bits per heavy atom. The number of anilines is 5. The van der Waals surface area contributed by atoms with E-state index in [-0.39, 0.29) is 5.56 Å². The number of nitrogens with one attached hydrogen (secondary N) is 3. The zero-order valence-electron chi connectivity index (χ0n) is 15.6. The monoisotopic (exact) mass is 401 g/mol. The van der Waals surface area contributed by atoms with Crippen LogP contribution in [0.5, 0.6) is 0 Å². The largest absolute Gasteiger partial charge is 0.340 e. The van der Waals surface area contributed by atoms with Crippen molar-refractivity contribution in [3.05, 3.63) is 90.9 Å². The number of benzene rings is 1. The number of halogens is 1. The fourth-order valence-electron chi connectivity index (χ4n) is 2.59. The molecular weight excluding hydrogens is 385 g/mol. The Kier molecular flexibility index (Phi) is 5.52. The summed E-state index contributed by atoms with van der Waals surface area (Å²) < 4.78 is 13.2. The van der Waals surface area contributed by atoms with Crippen molar-refractivity contribution in [3.63, 3.8) is 0 Å². The van der Waals surface area contributed by atoms with Gasteiger partial charge in [0.15, 0.2) is 0 Å². The third-order valence-electron chi connectivity index (χ3n) is 3.97. The van der Waals surface area contributed by atoms with Crippen molar-refractivity contribution in [2.24, 2.45) is 0 Å². The Morgan fingerprint density at radius 3 is 2.30 bits per heavy atom. The summed E-state index contributed by atoms with van der Waals surface area (Å²) in [5.41, 5.74) is 1.48. The Morgan fingerprint density at radius 2 is 1.57 bits per heavy atom. The van der Waals surface area contributed by atoms with Gasteiger partial charge >= 0.3 is 0 Å². The van der Waals surface area contributed by atoms with E-state index in [0.717, 1.165) is 18.0 Å². The predicted octanol–water partition coefficient (Wildman–Crippen LogP) is 4.15. The maximum Gasteiger partial charge on any atom is 0.257 e. The van der Waals surface area contributed by atoms with Gasteiger partial charge in [0, 0.05) is 29.8 Å². The van der Waals surface area contributed by atoms with Crippen molar-refractivity contribution in [3.8, 4) is 0 Å². The number of pyridine rings is 2. The van der Waals surface area contributed by atoms with Crippen molar-refractivity contribution in [2.45, 2.75) is 0 Å². The van der Waals surface area contributed by atoms with E-state index < -0.39 is 11.7 Å². The third kappa shape index (κ3) is 4.90. The number of carbonyl (C=O) groups is 1. The van der Waals surface area contributed by atoms with Crippen LogP contribution in [0.15, 0.2) is 79.5 Å². The van der Waals surface area contributed by atoms with E-state index in [1.54, 1.807) is 36.5 Å². The van der Waals surface area contributed by atoms with E-state index in [1.807, 2.05) is 18.2 Å². The summed E-state index contributed by atoms with van der Waals surface area (Å²) in [6.45, 7) is 0. The number of rotatable bonds is 6. The topological polar surface area (TPSA) is 105 Å². The van der Waals surface area contributed by atoms with Gasteiger partial charge in [0.25, 0.3) is 5.91 Å². The minimum Gasteiger partial charge on any atom is -0.340 e. The highest BCUT2D eigenvalue weighted by Gasteiger charge is 2.08. The summed E-state index contributed by atoms with van der Waals surface area (Å²) in [6, 6.07) is 15.4. The SMILES string of the molecule is O=C(Nc1ccc(Nc2cc(Nc3ccccn3)ncn2)cc1)c1cncc(F)c1. The molecule has 3 N–H and O–H groups in total. The van der Waals surface area contributed by atoms with Gasteiger partial charge in [-0.1, -0.05) is 6.07 Å². The first-order valence-electron chi connectivity index (χ1n) is 8.95. The Hall–Kier alpha value is -4.40. The summed E-state index contributed by atoms with van der Waals surface area (Å²) in [7, 11) is 0. The maximum absolute atomic E-state index is 13.2. The Balaban J connectivity index is 1.40. The smallest absolute Gasteiger partial charge is 0.257 e. The molecule has 0 radical (unpaired) electrons. The first-order valence-corrected chi connectivity index (χ1v) is 8.95. The van der Waals surface area contributed by atoms with Gasteiger partial charge < -0.3 is 16.0 Å². The molecule has 0 atom stereocenters. The van der Waals surface area contributed by atoms with Crippen molar-refractivity contribution in [1.29, 1.82) is 0 Å². The molecule has 1 aromatic carbocycles. The molecule has 0 bridgehead atoms. The van der Waals surface area contributed by atoms with Crippen molar-refractivity contribution in [1.82, 2.24) is 19.9 Å². The molecule has 3 heterocycles. The molecule has 8 nitrogen and oxygen atoms in total. The van der Waals surface area contributed by atoms with Crippen molar-refractivity contribution < 1.29 is 9.18 Å². The molecule has 0 saturated carbocycles. The lowest BCUT2D eigenvalue weighted by Crippen LogP contribution is -2.12. The van der Waals surface area contributed by atoms with Gasteiger partial charge in [-0.25, -0.2) is 19.3 Å². The second-order valence-corrected chi connectivity index (χ2v) is 6.18. The van der Waals surface area contributed by atoms with Crippen LogP contribution in [0.25, 0.3) is 0 Å². The molecule has 0 aliphatic carbocycles. The number of nitrogens with zero attached hydrogens (tertiary/aromatic N) is 4. The number of hydrogen-bond acceptors (Lipinski definition) is 7. The van der Waals surface area contributed by atoms with Gasteiger partial charge in [-0.2, -0.15) is 0 Å². The van der Waals surface area contributed by atoms with Crippen LogP contribution in [0.4, 0.5) is 33.2 Å². The van der Waals surface area contributed by atoms with Gasteiger partial charge in [0.05, 0.1) is 11.8 Å². The average Bonchev–Trinajstić information content (AvgIpc) is 2.76. The lowest BCUT2D eigenvalue weighted by Gasteiger charge is -2.09. The molecule has 9 heteroatoms. The van der Waals surface area contributed by atoms with Crippen LogP contribution in [0, 0.1) is 5.82 Å². The van der Waals surface area contributed by atoms with Gasteiger partial charge in [0.1, 0.15) is 29.6 Å². The second-order valence-electron chi connectivity index (χ2n) is 6.18. The first kappa shape index (κ1) is 18.9. The molecule has 0 fully saturated rings. The summed E-state index contributed by atoms with van der Waals surface area (Å²) in [5, 5.41) is 8.96. The van der Waals surface area contributed by atoms with Gasteiger partial charge in [-0.05, 0) is 42.5 Å². The second kappa shape index (κ2) is 8.74. The lowest BCUT2D eigenvalue weighted by molar-refractivity contribution is 0.102. The fraction of sp³-hybridized carbons (Fsp3) is 0. The number of aromatic nitrogens is 4. The summed E-state index contributed by atoms with van der Waals surface area (Å²) >= 11 is 0. The molecule has 1 amide bonds. The van der Waals surface area contributed by atoms with Crippen LogP contribution in [-0.4, -0.2) is 25.8 Å². The minimum absolute atomic E-state index is 0.145. The molecule has 3 aromatic heterocycles. The molecule has 148 valence electrons. The quantitative estimate of drug-likeness (QED) is 0.446. The zero-order valence-corrected chi connectivity index (χ0v) is 15.6. The normalized spacial score (nSPS) is 10.3. The molecule has 30 heavy (non-hydrogen) atoms. The predicted molar refractivity (Wildman–Crippen MR) is 111 cm³/mol. The number of hydrogen-bond donors (Lipinski definition) is 3. The fourth-order valence-corrected chi connectivity index (χ4v) is 2.59. The Labute approximate surface area is 171 Å². The zero-order chi connectivity index (χ0) is 20.8. The first-order chi connectivity index (χ1) is 14.7. The van der Waals surface area contributed by atoms with E-state index in [4.69, 9.17) is 0 Å². The van der Waals surface area contributed by atoms with E-state index >= 15 is 0 Å². The van der Waals surface area contributed by atoms with Crippen molar-refractivity contribution in [2.75, 3.05) is 16.0 Å². The van der Waals surface area contributed by atoms with E-state index in [2.05, 4.69) is 35.9 Å². The van der Waals surface area contributed by atoms with Crippen LogP contribution < -0.4 is 16.0 Å². The van der Waals surface area contributed by atoms with Gasteiger partial charge in [-0.15, -0.1) is 0 Å². The third-order valence-corrected chi connectivity index (χ3v) is 3.97. The van der Waals surface area contributed by atoms with Crippen LogP contribution in [0.3, 0.4) is 0 Å². The molecule has 0 aliphatic rings. The molecular formula is C21H16FN7O. The molecule has 0 aliphatic heterocycles. The van der Waals surface area contributed by atoms with Crippen LogP contribution in [0.2, 0.25) is 0 Å². The summed E-state index contributed by atoms with van der Waals surface area (Å²) in [4.78, 5) is 28.4. The lowest BCUT2D eigenvalue weighted by atomic mass is 10.2. The summed E-state index contributed by atoms with van der Waals surface area (Å²) in [6.07, 6.45) is 5.48. The summed E-state index contributed by atoms with van der Waals surface area (Å²) in [5.74, 6) is 0.855. The number of carbonyl (C=O) groups excluding carboxylic acids is 1. The van der Waals surface area contributed by atoms with E-state index in [9.17, 15) is 9.18 Å².